The summed E-state index contributed by atoms with van der Waals surface area (Å²) in [6, 6.07) is 5.45. The maximum atomic E-state index is 11.9. The van der Waals surface area contributed by atoms with Crippen LogP contribution in [0.25, 0.3) is 0 Å². The second kappa shape index (κ2) is 6.41. The molecule has 0 saturated carbocycles. The minimum absolute atomic E-state index is 0.0709. The number of amides is 2. The van der Waals surface area contributed by atoms with E-state index in [1.54, 1.807) is 13.8 Å². The lowest BCUT2D eigenvalue weighted by atomic mass is 9.94. The van der Waals surface area contributed by atoms with Crippen LogP contribution in [0.5, 0.6) is 0 Å². The summed E-state index contributed by atoms with van der Waals surface area (Å²) in [5.74, 6) is -0.942. The summed E-state index contributed by atoms with van der Waals surface area (Å²) in [5.41, 5.74) is 1.84. The Balaban J connectivity index is 2.71. The Labute approximate surface area is 119 Å². The Morgan fingerprint density at radius 1 is 1.30 bits per heavy atom. The van der Waals surface area contributed by atoms with Crippen molar-refractivity contribution in [2.24, 2.45) is 5.41 Å². The molecule has 0 fully saturated rings. The highest BCUT2D eigenvalue weighted by molar-refractivity contribution is 5.91. The number of hydrogen-bond donors (Lipinski definition) is 3. The zero-order chi connectivity index (χ0) is 15.3. The van der Waals surface area contributed by atoms with E-state index in [2.05, 4.69) is 10.6 Å². The number of urea groups is 1. The Morgan fingerprint density at radius 2 is 1.95 bits per heavy atom. The van der Waals surface area contributed by atoms with Crippen molar-refractivity contribution < 1.29 is 14.7 Å². The summed E-state index contributed by atoms with van der Waals surface area (Å²) in [6.45, 7) is 7.16. The van der Waals surface area contributed by atoms with Crippen LogP contribution in [-0.4, -0.2) is 23.7 Å². The Kier molecular flexibility index (Phi) is 5.13. The summed E-state index contributed by atoms with van der Waals surface area (Å²) >= 11 is 0. The SMILES string of the molecule is CCc1cccc(C)c1NC(=O)NCC(C)(C)C(=O)O. The molecular formula is C15H22N2O3. The first-order valence-electron chi connectivity index (χ1n) is 6.64. The number of para-hydroxylation sites is 1. The topological polar surface area (TPSA) is 78.4 Å². The van der Waals surface area contributed by atoms with Crippen molar-refractivity contribution in [2.45, 2.75) is 34.1 Å². The van der Waals surface area contributed by atoms with Crippen LogP contribution in [0.2, 0.25) is 0 Å². The molecule has 0 spiro atoms. The Hall–Kier alpha value is -2.04. The molecule has 0 aliphatic rings. The third kappa shape index (κ3) is 3.98. The molecule has 20 heavy (non-hydrogen) atoms. The molecule has 0 unspecified atom stereocenters. The molecule has 2 amide bonds. The highest BCUT2D eigenvalue weighted by Crippen LogP contribution is 2.21. The van der Waals surface area contributed by atoms with Crippen molar-refractivity contribution in [1.82, 2.24) is 5.32 Å². The van der Waals surface area contributed by atoms with Gasteiger partial charge >= 0.3 is 12.0 Å². The molecule has 3 N–H and O–H groups in total. The fourth-order valence-corrected chi connectivity index (χ4v) is 1.74. The van der Waals surface area contributed by atoms with Crippen LogP contribution < -0.4 is 10.6 Å². The van der Waals surface area contributed by atoms with E-state index in [0.29, 0.717) is 0 Å². The molecule has 110 valence electrons. The molecule has 0 aromatic heterocycles. The fourth-order valence-electron chi connectivity index (χ4n) is 1.74. The van der Waals surface area contributed by atoms with Crippen molar-refractivity contribution in [1.29, 1.82) is 0 Å². The number of carbonyl (C=O) groups is 2. The maximum absolute atomic E-state index is 11.9. The lowest BCUT2D eigenvalue weighted by Crippen LogP contribution is -2.40. The third-order valence-electron chi connectivity index (χ3n) is 3.25. The van der Waals surface area contributed by atoms with Gasteiger partial charge < -0.3 is 15.7 Å². The average Bonchev–Trinajstić information content (AvgIpc) is 2.38. The maximum Gasteiger partial charge on any atom is 0.319 e. The molecule has 0 aliphatic heterocycles. The number of carbonyl (C=O) groups excluding carboxylic acids is 1. The van der Waals surface area contributed by atoms with Gasteiger partial charge in [-0.2, -0.15) is 0 Å². The Bertz CT molecular complexity index is 510. The highest BCUT2D eigenvalue weighted by Gasteiger charge is 2.27. The van der Waals surface area contributed by atoms with Gasteiger partial charge in [0.2, 0.25) is 0 Å². The monoisotopic (exact) mass is 278 g/mol. The van der Waals surface area contributed by atoms with Crippen LogP contribution in [-0.2, 0) is 11.2 Å². The van der Waals surface area contributed by atoms with Gasteiger partial charge in [0.15, 0.2) is 0 Å². The summed E-state index contributed by atoms with van der Waals surface area (Å²) in [7, 11) is 0. The average molecular weight is 278 g/mol. The van der Waals surface area contributed by atoms with Crippen LogP contribution >= 0.6 is 0 Å². The molecule has 0 aliphatic carbocycles. The second-order valence-electron chi connectivity index (χ2n) is 5.46. The largest absolute Gasteiger partial charge is 0.481 e. The van der Waals surface area contributed by atoms with E-state index >= 15 is 0 Å². The molecule has 0 atom stereocenters. The van der Waals surface area contributed by atoms with E-state index in [1.807, 2.05) is 32.0 Å². The second-order valence-corrected chi connectivity index (χ2v) is 5.46. The van der Waals surface area contributed by atoms with Gasteiger partial charge in [0.25, 0.3) is 0 Å². The van der Waals surface area contributed by atoms with Gasteiger partial charge in [0.1, 0.15) is 0 Å². The van der Waals surface area contributed by atoms with E-state index < -0.39 is 11.4 Å². The number of rotatable bonds is 5. The molecule has 0 saturated heterocycles. The molecule has 1 rings (SSSR count). The van der Waals surface area contributed by atoms with Gasteiger partial charge in [-0.3, -0.25) is 4.79 Å². The zero-order valence-electron chi connectivity index (χ0n) is 12.4. The third-order valence-corrected chi connectivity index (χ3v) is 3.25. The normalized spacial score (nSPS) is 11.0. The quantitative estimate of drug-likeness (QED) is 0.775. The van der Waals surface area contributed by atoms with E-state index in [1.165, 1.54) is 0 Å². The standard InChI is InChI=1S/C15H22N2O3/c1-5-11-8-6-7-10(2)12(11)17-14(20)16-9-15(3,4)13(18)19/h6-8H,5,9H2,1-4H3,(H,18,19)(H2,16,17,20). The summed E-state index contributed by atoms with van der Waals surface area (Å²) in [6.07, 6.45) is 0.817. The van der Waals surface area contributed by atoms with Gasteiger partial charge in [0.05, 0.1) is 5.41 Å². The minimum atomic E-state index is -0.989. The van der Waals surface area contributed by atoms with E-state index in [4.69, 9.17) is 5.11 Å². The number of aryl methyl sites for hydroxylation is 2. The lowest BCUT2D eigenvalue weighted by Gasteiger charge is -2.20. The van der Waals surface area contributed by atoms with Gasteiger partial charge in [-0.15, -0.1) is 0 Å². The van der Waals surface area contributed by atoms with Crippen LogP contribution in [0.4, 0.5) is 10.5 Å². The van der Waals surface area contributed by atoms with E-state index in [0.717, 1.165) is 23.2 Å². The number of benzene rings is 1. The van der Waals surface area contributed by atoms with Crippen LogP contribution in [0.15, 0.2) is 18.2 Å². The molecule has 1 aromatic rings. The molecule has 5 nitrogen and oxygen atoms in total. The van der Waals surface area contributed by atoms with Gasteiger partial charge in [0, 0.05) is 12.2 Å². The van der Waals surface area contributed by atoms with Crippen LogP contribution in [0.1, 0.15) is 31.9 Å². The molecule has 0 heterocycles. The van der Waals surface area contributed by atoms with Crippen molar-refractivity contribution >= 4 is 17.7 Å². The molecular weight excluding hydrogens is 256 g/mol. The molecule has 5 heteroatoms. The van der Waals surface area contributed by atoms with Crippen LogP contribution in [0.3, 0.4) is 0 Å². The number of carboxylic acids is 1. The molecule has 1 aromatic carbocycles. The number of anilines is 1. The predicted octanol–water partition coefficient (Wildman–Crippen LogP) is 2.79. The van der Waals surface area contributed by atoms with Crippen molar-refractivity contribution in [2.75, 3.05) is 11.9 Å². The van der Waals surface area contributed by atoms with E-state index in [-0.39, 0.29) is 12.6 Å². The number of hydrogen-bond acceptors (Lipinski definition) is 2. The number of carboxylic acid groups (broad SMARTS) is 1. The summed E-state index contributed by atoms with van der Waals surface area (Å²) < 4.78 is 0. The smallest absolute Gasteiger partial charge is 0.319 e. The fraction of sp³-hybridized carbons (Fsp3) is 0.467. The van der Waals surface area contributed by atoms with Crippen molar-refractivity contribution in [3.8, 4) is 0 Å². The summed E-state index contributed by atoms with van der Waals surface area (Å²) in [4.78, 5) is 22.9. The molecule has 0 bridgehead atoms. The van der Waals surface area contributed by atoms with E-state index in [9.17, 15) is 9.59 Å². The zero-order valence-corrected chi connectivity index (χ0v) is 12.4. The first-order valence-corrected chi connectivity index (χ1v) is 6.64. The first kappa shape index (κ1) is 16.0. The highest BCUT2D eigenvalue weighted by atomic mass is 16.4. The van der Waals surface area contributed by atoms with Crippen LogP contribution in [0, 0.1) is 12.3 Å². The van der Waals surface area contributed by atoms with Gasteiger partial charge in [-0.25, -0.2) is 4.79 Å². The van der Waals surface area contributed by atoms with Crippen molar-refractivity contribution in [3.63, 3.8) is 0 Å². The predicted molar refractivity (Wildman–Crippen MR) is 79.0 cm³/mol. The number of nitrogens with one attached hydrogen (secondary N) is 2. The lowest BCUT2D eigenvalue weighted by molar-refractivity contribution is -0.146. The first-order chi connectivity index (χ1) is 9.27. The van der Waals surface area contributed by atoms with Crippen molar-refractivity contribution in [3.05, 3.63) is 29.3 Å². The minimum Gasteiger partial charge on any atom is -0.481 e. The van der Waals surface area contributed by atoms with Gasteiger partial charge in [-0.05, 0) is 38.3 Å². The van der Waals surface area contributed by atoms with Gasteiger partial charge in [-0.1, -0.05) is 25.1 Å². The summed E-state index contributed by atoms with van der Waals surface area (Å²) in [5, 5.41) is 14.4. The number of aliphatic carboxylic acids is 1. The molecule has 0 radical (unpaired) electrons. The Morgan fingerprint density at radius 3 is 2.50 bits per heavy atom.